The van der Waals surface area contributed by atoms with Crippen molar-refractivity contribution in [3.8, 4) is 5.69 Å². The van der Waals surface area contributed by atoms with Crippen molar-refractivity contribution < 1.29 is 4.74 Å². The van der Waals surface area contributed by atoms with Gasteiger partial charge in [0.2, 0.25) is 0 Å². The van der Waals surface area contributed by atoms with E-state index in [9.17, 15) is 0 Å². The average molecular weight is 257 g/mol. The van der Waals surface area contributed by atoms with Crippen LogP contribution in [0.1, 0.15) is 22.9 Å². The molecule has 3 rings (SSSR count). The third-order valence-corrected chi connectivity index (χ3v) is 3.69. The third kappa shape index (κ3) is 2.41. The summed E-state index contributed by atoms with van der Waals surface area (Å²) in [5, 5.41) is 3.36. The molecule has 1 saturated heterocycles. The van der Waals surface area contributed by atoms with E-state index in [2.05, 4.69) is 46.9 Å². The molecule has 1 fully saturated rings. The number of morpholine rings is 1. The fraction of sp³-hybridized carbons (Fsp3) is 0.400. The van der Waals surface area contributed by atoms with Crippen LogP contribution >= 0.6 is 0 Å². The molecule has 1 aromatic carbocycles. The fourth-order valence-electron chi connectivity index (χ4n) is 2.39. The molecule has 2 heterocycles. The van der Waals surface area contributed by atoms with Crippen molar-refractivity contribution in [2.75, 3.05) is 19.7 Å². The molecule has 0 bridgehead atoms. The maximum absolute atomic E-state index is 5.82. The maximum atomic E-state index is 5.82. The number of ether oxygens (including phenoxy) is 1. The van der Waals surface area contributed by atoms with E-state index >= 15 is 0 Å². The minimum absolute atomic E-state index is 0.0814. The Morgan fingerprint density at radius 2 is 2.21 bits per heavy atom. The molecule has 1 unspecified atom stereocenters. The zero-order valence-corrected chi connectivity index (χ0v) is 11.4. The van der Waals surface area contributed by atoms with Crippen molar-refractivity contribution in [3.05, 3.63) is 47.5 Å². The topological polar surface area (TPSA) is 39.1 Å². The lowest BCUT2D eigenvalue weighted by atomic mass is 10.1. The number of rotatable bonds is 2. The van der Waals surface area contributed by atoms with Gasteiger partial charge in [0.05, 0.1) is 24.8 Å². The highest BCUT2D eigenvalue weighted by atomic mass is 16.5. The van der Waals surface area contributed by atoms with Crippen LogP contribution in [0.25, 0.3) is 5.69 Å². The van der Waals surface area contributed by atoms with E-state index in [1.165, 1.54) is 11.1 Å². The minimum atomic E-state index is 0.0814. The highest BCUT2D eigenvalue weighted by Gasteiger charge is 2.20. The van der Waals surface area contributed by atoms with Gasteiger partial charge in [0.25, 0.3) is 0 Å². The molecule has 0 saturated carbocycles. The van der Waals surface area contributed by atoms with E-state index in [0.29, 0.717) is 0 Å². The monoisotopic (exact) mass is 257 g/mol. The van der Waals surface area contributed by atoms with E-state index < -0.39 is 0 Å². The highest BCUT2D eigenvalue weighted by Crippen LogP contribution is 2.23. The first kappa shape index (κ1) is 12.4. The van der Waals surface area contributed by atoms with Gasteiger partial charge in [0.15, 0.2) is 0 Å². The minimum Gasteiger partial charge on any atom is -0.369 e. The third-order valence-electron chi connectivity index (χ3n) is 3.69. The Hall–Kier alpha value is -1.65. The second-order valence-electron chi connectivity index (χ2n) is 5.02. The van der Waals surface area contributed by atoms with Crippen LogP contribution in [0, 0.1) is 13.8 Å². The molecule has 0 amide bonds. The molecule has 0 aliphatic carbocycles. The molecular weight excluding hydrogens is 238 g/mol. The van der Waals surface area contributed by atoms with Gasteiger partial charge < -0.3 is 14.6 Å². The molecule has 1 N–H and O–H groups in total. The highest BCUT2D eigenvalue weighted by molar-refractivity contribution is 5.41. The molecule has 1 aromatic heterocycles. The molecular formula is C15H19N3O. The summed E-state index contributed by atoms with van der Waals surface area (Å²) in [6.45, 7) is 6.78. The van der Waals surface area contributed by atoms with Crippen LogP contribution in [-0.2, 0) is 4.74 Å². The van der Waals surface area contributed by atoms with Crippen LogP contribution in [-0.4, -0.2) is 29.2 Å². The molecule has 0 spiro atoms. The van der Waals surface area contributed by atoms with E-state index in [1.54, 1.807) is 0 Å². The van der Waals surface area contributed by atoms with Crippen LogP contribution in [0.4, 0.5) is 0 Å². The first-order valence-corrected chi connectivity index (χ1v) is 6.68. The van der Waals surface area contributed by atoms with Crippen LogP contribution in [0.15, 0.2) is 30.7 Å². The Balaban J connectivity index is 1.96. The Labute approximate surface area is 113 Å². The lowest BCUT2D eigenvalue weighted by molar-refractivity contribution is 0.0240. The van der Waals surface area contributed by atoms with Gasteiger partial charge in [0.1, 0.15) is 6.10 Å². The zero-order valence-electron chi connectivity index (χ0n) is 11.4. The van der Waals surface area contributed by atoms with E-state index in [1.807, 2.05) is 12.5 Å². The second kappa shape index (κ2) is 5.15. The predicted molar refractivity (Wildman–Crippen MR) is 74.6 cm³/mol. The molecule has 0 radical (unpaired) electrons. The largest absolute Gasteiger partial charge is 0.369 e. The molecule has 19 heavy (non-hydrogen) atoms. The summed E-state index contributed by atoms with van der Waals surface area (Å²) in [5.41, 5.74) is 4.85. The molecule has 1 aliphatic rings. The van der Waals surface area contributed by atoms with Crippen LogP contribution in [0.5, 0.6) is 0 Å². The number of nitrogens with zero attached hydrogens (tertiary/aromatic N) is 2. The quantitative estimate of drug-likeness (QED) is 0.896. The first-order chi connectivity index (χ1) is 9.25. The Morgan fingerprint density at radius 3 is 2.95 bits per heavy atom. The van der Waals surface area contributed by atoms with Crippen molar-refractivity contribution in [3.63, 3.8) is 0 Å². The maximum Gasteiger partial charge on any atom is 0.112 e. The molecule has 100 valence electrons. The SMILES string of the molecule is Cc1ccc(-n2cncc2C2CNCCO2)cc1C. The van der Waals surface area contributed by atoms with Gasteiger partial charge in [0, 0.05) is 18.8 Å². The smallest absolute Gasteiger partial charge is 0.112 e. The standard InChI is InChI=1S/C15H19N3O/c1-11-3-4-13(7-12(11)2)18-10-17-8-14(18)15-9-16-5-6-19-15/h3-4,7-8,10,15-16H,5-6,9H2,1-2H3. The number of aryl methyl sites for hydroxylation is 2. The van der Waals surface area contributed by atoms with Gasteiger partial charge in [-0.1, -0.05) is 6.07 Å². The van der Waals surface area contributed by atoms with Gasteiger partial charge in [-0.2, -0.15) is 0 Å². The zero-order chi connectivity index (χ0) is 13.2. The summed E-state index contributed by atoms with van der Waals surface area (Å²) in [6, 6.07) is 6.47. The van der Waals surface area contributed by atoms with Gasteiger partial charge in [-0.25, -0.2) is 4.98 Å². The van der Waals surface area contributed by atoms with Crippen molar-refractivity contribution in [2.24, 2.45) is 0 Å². The molecule has 4 heteroatoms. The van der Waals surface area contributed by atoms with Crippen molar-refractivity contribution >= 4 is 0 Å². The Kier molecular flexibility index (Phi) is 3.36. The van der Waals surface area contributed by atoms with Crippen molar-refractivity contribution in [2.45, 2.75) is 20.0 Å². The number of benzene rings is 1. The van der Waals surface area contributed by atoms with E-state index in [-0.39, 0.29) is 6.10 Å². The number of nitrogens with one attached hydrogen (secondary N) is 1. The van der Waals surface area contributed by atoms with Gasteiger partial charge in [-0.3, -0.25) is 0 Å². The normalized spacial score (nSPS) is 19.6. The van der Waals surface area contributed by atoms with Crippen LogP contribution in [0.3, 0.4) is 0 Å². The van der Waals surface area contributed by atoms with Gasteiger partial charge >= 0.3 is 0 Å². The predicted octanol–water partition coefficient (Wildman–Crippen LogP) is 2.15. The Bertz CT molecular complexity index is 571. The van der Waals surface area contributed by atoms with Crippen molar-refractivity contribution in [1.29, 1.82) is 0 Å². The lowest BCUT2D eigenvalue weighted by Crippen LogP contribution is -2.34. The summed E-state index contributed by atoms with van der Waals surface area (Å²) < 4.78 is 7.93. The average Bonchev–Trinajstić information content (AvgIpc) is 2.92. The summed E-state index contributed by atoms with van der Waals surface area (Å²) in [4.78, 5) is 4.28. The number of hydrogen-bond donors (Lipinski definition) is 1. The van der Waals surface area contributed by atoms with Crippen LogP contribution < -0.4 is 5.32 Å². The molecule has 2 aromatic rings. The van der Waals surface area contributed by atoms with E-state index in [4.69, 9.17) is 4.74 Å². The summed E-state index contributed by atoms with van der Waals surface area (Å²) >= 11 is 0. The molecule has 1 atom stereocenters. The van der Waals surface area contributed by atoms with Gasteiger partial charge in [-0.05, 0) is 37.1 Å². The number of hydrogen-bond acceptors (Lipinski definition) is 3. The van der Waals surface area contributed by atoms with E-state index in [0.717, 1.165) is 31.1 Å². The lowest BCUT2D eigenvalue weighted by Gasteiger charge is -2.24. The fourth-order valence-corrected chi connectivity index (χ4v) is 2.39. The van der Waals surface area contributed by atoms with Gasteiger partial charge in [-0.15, -0.1) is 0 Å². The summed E-state index contributed by atoms with van der Waals surface area (Å²) in [6.07, 6.45) is 3.84. The second-order valence-corrected chi connectivity index (χ2v) is 5.02. The van der Waals surface area contributed by atoms with Crippen molar-refractivity contribution in [1.82, 2.24) is 14.9 Å². The number of aromatic nitrogens is 2. The summed E-state index contributed by atoms with van der Waals surface area (Å²) in [5.74, 6) is 0. The van der Waals surface area contributed by atoms with Crippen LogP contribution in [0.2, 0.25) is 0 Å². The number of imidazole rings is 1. The molecule has 4 nitrogen and oxygen atoms in total. The summed E-state index contributed by atoms with van der Waals surface area (Å²) in [7, 11) is 0. The molecule has 1 aliphatic heterocycles. The Morgan fingerprint density at radius 1 is 1.32 bits per heavy atom. The first-order valence-electron chi connectivity index (χ1n) is 6.68.